The highest BCUT2D eigenvalue weighted by atomic mass is 79.9. The molecule has 0 atom stereocenters. The number of nitrogens with two attached hydrogens (primary N) is 1. The van der Waals surface area contributed by atoms with Gasteiger partial charge in [-0.25, -0.2) is 4.39 Å². The van der Waals surface area contributed by atoms with Crippen LogP contribution in [0.2, 0.25) is 0 Å². The Hall–Kier alpha value is -0.980. The summed E-state index contributed by atoms with van der Waals surface area (Å²) in [5, 5.41) is 2.56. The third-order valence-corrected chi connectivity index (χ3v) is 3.36. The van der Waals surface area contributed by atoms with E-state index >= 15 is 0 Å². The lowest BCUT2D eigenvalue weighted by atomic mass is 9.93. The van der Waals surface area contributed by atoms with Crippen LogP contribution in [-0.2, 0) is 4.79 Å². The molecule has 0 bridgehead atoms. The van der Waals surface area contributed by atoms with Gasteiger partial charge in [0.25, 0.3) is 0 Å². The molecule has 20 heavy (non-hydrogen) atoms. The molecule has 0 aliphatic carbocycles. The molecular formula is C14H21BrFN3O. The molecule has 6 heteroatoms. The van der Waals surface area contributed by atoms with Gasteiger partial charge in [-0.05, 0) is 37.2 Å². The summed E-state index contributed by atoms with van der Waals surface area (Å²) < 4.78 is 14.2. The van der Waals surface area contributed by atoms with Gasteiger partial charge in [0.1, 0.15) is 5.82 Å². The standard InChI is InChI=1S/C14H21BrFN3O/c1-14(2,8-17)9-19(3)7-13(20)18-12-5-4-10(15)6-11(12)16/h4-6H,7-9,17H2,1-3H3,(H,18,20). The largest absolute Gasteiger partial charge is 0.330 e. The average Bonchev–Trinajstić information content (AvgIpc) is 2.32. The number of hydrogen-bond acceptors (Lipinski definition) is 3. The number of amides is 1. The van der Waals surface area contributed by atoms with E-state index in [4.69, 9.17) is 5.73 Å². The van der Waals surface area contributed by atoms with Crippen molar-refractivity contribution in [3.8, 4) is 0 Å². The first kappa shape index (κ1) is 17.1. The number of nitrogens with one attached hydrogen (secondary N) is 1. The van der Waals surface area contributed by atoms with E-state index < -0.39 is 5.82 Å². The van der Waals surface area contributed by atoms with Gasteiger partial charge >= 0.3 is 0 Å². The first-order valence-electron chi connectivity index (χ1n) is 6.37. The number of likely N-dealkylation sites (N-methyl/N-ethyl adjacent to an activating group) is 1. The minimum absolute atomic E-state index is 0.0576. The normalized spacial score (nSPS) is 11.8. The Balaban J connectivity index is 2.55. The zero-order valence-corrected chi connectivity index (χ0v) is 13.6. The van der Waals surface area contributed by atoms with Crippen LogP contribution < -0.4 is 11.1 Å². The van der Waals surface area contributed by atoms with Gasteiger partial charge in [0.2, 0.25) is 5.91 Å². The highest BCUT2D eigenvalue weighted by molar-refractivity contribution is 9.10. The van der Waals surface area contributed by atoms with Crippen molar-refractivity contribution in [1.29, 1.82) is 0 Å². The molecule has 0 saturated carbocycles. The molecule has 1 amide bonds. The topological polar surface area (TPSA) is 58.4 Å². The number of nitrogens with zero attached hydrogens (tertiary/aromatic N) is 1. The summed E-state index contributed by atoms with van der Waals surface area (Å²) in [7, 11) is 1.84. The fraction of sp³-hybridized carbons (Fsp3) is 0.500. The molecule has 1 aromatic carbocycles. The third kappa shape index (κ3) is 5.56. The number of anilines is 1. The molecule has 0 aliphatic heterocycles. The molecule has 0 fully saturated rings. The molecule has 0 spiro atoms. The molecule has 3 N–H and O–H groups in total. The van der Waals surface area contributed by atoms with Crippen LogP contribution in [0.15, 0.2) is 22.7 Å². The molecule has 0 unspecified atom stereocenters. The number of carbonyl (C=O) groups excluding carboxylic acids is 1. The van der Waals surface area contributed by atoms with Crippen molar-refractivity contribution >= 4 is 27.5 Å². The van der Waals surface area contributed by atoms with E-state index in [1.807, 2.05) is 25.8 Å². The molecule has 1 rings (SSSR count). The Morgan fingerprint density at radius 3 is 2.70 bits per heavy atom. The van der Waals surface area contributed by atoms with Crippen molar-refractivity contribution in [3.05, 3.63) is 28.5 Å². The zero-order chi connectivity index (χ0) is 15.3. The predicted molar refractivity (Wildman–Crippen MR) is 83.1 cm³/mol. The Morgan fingerprint density at radius 2 is 2.15 bits per heavy atom. The van der Waals surface area contributed by atoms with E-state index in [0.717, 1.165) is 0 Å². The van der Waals surface area contributed by atoms with Crippen LogP contribution in [0.1, 0.15) is 13.8 Å². The highest BCUT2D eigenvalue weighted by Gasteiger charge is 2.19. The van der Waals surface area contributed by atoms with Crippen LogP contribution >= 0.6 is 15.9 Å². The fourth-order valence-corrected chi connectivity index (χ4v) is 2.21. The van der Waals surface area contributed by atoms with Crippen molar-refractivity contribution in [2.75, 3.05) is 32.0 Å². The summed E-state index contributed by atoms with van der Waals surface area (Å²) in [6.45, 7) is 5.50. The van der Waals surface area contributed by atoms with Gasteiger partial charge in [0, 0.05) is 11.0 Å². The monoisotopic (exact) mass is 345 g/mol. The summed E-state index contributed by atoms with van der Waals surface area (Å²) in [6, 6.07) is 4.53. The molecule has 0 saturated heterocycles. The highest BCUT2D eigenvalue weighted by Crippen LogP contribution is 2.19. The van der Waals surface area contributed by atoms with E-state index in [1.165, 1.54) is 12.1 Å². The average molecular weight is 346 g/mol. The van der Waals surface area contributed by atoms with Gasteiger partial charge < -0.3 is 11.1 Å². The summed E-state index contributed by atoms with van der Waals surface area (Å²) in [4.78, 5) is 13.7. The van der Waals surface area contributed by atoms with E-state index in [-0.39, 0.29) is 23.6 Å². The van der Waals surface area contributed by atoms with Crippen molar-refractivity contribution in [1.82, 2.24) is 4.90 Å². The molecule has 0 aliphatic rings. The van der Waals surface area contributed by atoms with Gasteiger partial charge in [0.05, 0.1) is 12.2 Å². The number of hydrogen-bond donors (Lipinski definition) is 2. The minimum Gasteiger partial charge on any atom is -0.330 e. The van der Waals surface area contributed by atoms with E-state index in [0.29, 0.717) is 17.6 Å². The maximum atomic E-state index is 13.6. The van der Waals surface area contributed by atoms with Gasteiger partial charge in [0.15, 0.2) is 0 Å². The molecule has 0 heterocycles. The van der Waals surface area contributed by atoms with Crippen LogP contribution in [0, 0.1) is 11.2 Å². The first-order chi connectivity index (χ1) is 9.23. The second-order valence-electron chi connectivity index (χ2n) is 5.71. The first-order valence-corrected chi connectivity index (χ1v) is 7.16. The smallest absolute Gasteiger partial charge is 0.238 e. The lowest BCUT2D eigenvalue weighted by Crippen LogP contribution is -2.40. The second-order valence-corrected chi connectivity index (χ2v) is 6.63. The third-order valence-electron chi connectivity index (χ3n) is 2.87. The molecule has 112 valence electrons. The maximum Gasteiger partial charge on any atom is 0.238 e. The van der Waals surface area contributed by atoms with Crippen LogP contribution in [0.25, 0.3) is 0 Å². The molecule has 4 nitrogen and oxygen atoms in total. The lowest BCUT2D eigenvalue weighted by molar-refractivity contribution is -0.117. The van der Waals surface area contributed by atoms with Crippen molar-refractivity contribution in [3.63, 3.8) is 0 Å². The van der Waals surface area contributed by atoms with Crippen molar-refractivity contribution in [2.24, 2.45) is 11.1 Å². The Labute approximate surface area is 127 Å². The molecular weight excluding hydrogens is 325 g/mol. The lowest BCUT2D eigenvalue weighted by Gasteiger charge is -2.28. The predicted octanol–water partition coefficient (Wildman–Crippen LogP) is 2.44. The zero-order valence-electron chi connectivity index (χ0n) is 12.0. The minimum atomic E-state index is -0.460. The number of benzene rings is 1. The van der Waals surface area contributed by atoms with Crippen molar-refractivity contribution < 1.29 is 9.18 Å². The second kappa shape index (κ2) is 7.15. The van der Waals surface area contributed by atoms with E-state index in [2.05, 4.69) is 21.2 Å². The van der Waals surface area contributed by atoms with Crippen LogP contribution in [0.4, 0.5) is 10.1 Å². The SMILES string of the molecule is CN(CC(=O)Nc1ccc(Br)cc1F)CC(C)(C)CN. The molecule has 0 radical (unpaired) electrons. The van der Waals surface area contributed by atoms with Crippen molar-refractivity contribution in [2.45, 2.75) is 13.8 Å². The number of rotatable bonds is 6. The summed E-state index contributed by atoms with van der Waals surface area (Å²) in [6.07, 6.45) is 0. The van der Waals surface area contributed by atoms with Crippen LogP contribution in [0.3, 0.4) is 0 Å². The number of carbonyl (C=O) groups is 1. The summed E-state index contributed by atoms with van der Waals surface area (Å²) >= 11 is 3.17. The Kier molecular flexibility index (Phi) is 6.10. The Bertz CT molecular complexity index is 479. The summed E-state index contributed by atoms with van der Waals surface area (Å²) in [5.74, 6) is -0.709. The molecule has 0 aromatic heterocycles. The van der Waals surface area contributed by atoms with Gasteiger partial charge in [-0.3, -0.25) is 9.69 Å². The van der Waals surface area contributed by atoms with E-state index in [9.17, 15) is 9.18 Å². The molecule has 1 aromatic rings. The Morgan fingerprint density at radius 1 is 1.50 bits per heavy atom. The quantitative estimate of drug-likeness (QED) is 0.832. The maximum absolute atomic E-state index is 13.6. The van der Waals surface area contributed by atoms with Gasteiger partial charge in [-0.15, -0.1) is 0 Å². The van der Waals surface area contributed by atoms with E-state index in [1.54, 1.807) is 6.07 Å². The van der Waals surface area contributed by atoms with Crippen LogP contribution in [-0.4, -0.2) is 37.5 Å². The van der Waals surface area contributed by atoms with Crippen LogP contribution in [0.5, 0.6) is 0 Å². The fourth-order valence-electron chi connectivity index (χ4n) is 1.88. The number of halogens is 2. The van der Waals surface area contributed by atoms with Gasteiger partial charge in [-0.1, -0.05) is 29.8 Å². The summed E-state index contributed by atoms with van der Waals surface area (Å²) in [5.41, 5.74) is 5.79. The van der Waals surface area contributed by atoms with Gasteiger partial charge in [-0.2, -0.15) is 0 Å².